The topological polar surface area (TPSA) is 229 Å². The molecule has 0 radical (unpaired) electrons. The molecule has 6 aromatic carbocycles. The third-order valence-electron chi connectivity index (χ3n) is 19.6. The summed E-state index contributed by atoms with van der Waals surface area (Å²) in [6, 6.07) is 36.3. The minimum Gasteiger partial charge on any atom is -0.508 e. The predicted octanol–water partition coefficient (Wildman–Crippen LogP) is 16.5. The molecule has 0 amide bonds. The average Bonchev–Trinajstić information content (AvgIpc) is 1.62. The molecule has 7 fully saturated rings. The molecule has 6 aromatic rings. The molecule has 14 heteroatoms. The largest absolute Gasteiger partial charge is 0.508 e. The molecule has 0 saturated heterocycles. The highest BCUT2D eigenvalue weighted by Gasteiger charge is 2.49. The molecule has 10 N–H and O–H groups in total. The first-order valence-electron chi connectivity index (χ1n) is 31.6. The summed E-state index contributed by atoms with van der Waals surface area (Å²) in [6.45, 7) is 21.1. The molecule has 480 valence electrons. The molecule has 0 bridgehead atoms. The number of para-hydroxylation sites is 6. The Bertz CT molecular complexity index is 3380. The second kappa shape index (κ2) is 27.2. The Morgan fingerprint density at radius 1 is 0.449 bits per heavy atom. The monoisotopic (exact) mass is 1340 g/mol. The first-order chi connectivity index (χ1) is 41.7. The average molecular weight is 1350 g/mol. The molecule has 7 saturated carbocycles. The van der Waals surface area contributed by atoms with E-state index in [1.165, 1.54) is 13.0 Å². The van der Waals surface area contributed by atoms with Crippen LogP contribution < -0.4 is 4.74 Å². The van der Waals surface area contributed by atoms with E-state index in [-0.39, 0.29) is 33.9 Å². The van der Waals surface area contributed by atoms with Gasteiger partial charge in [0.1, 0.15) is 41.1 Å². The molecule has 12 nitrogen and oxygen atoms in total. The number of ether oxygens (including phenoxy) is 1. The Balaban J connectivity index is 0.000000139. The highest BCUT2D eigenvalue weighted by Crippen LogP contribution is 2.57. The van der Waals surface area contributed by atoms with Gasteiger partial charge in [0.15, 0.2) is 5.78 Å². The second-order valence-electron chi connectivity index (χ2n) is 27.7. The first kappa shape index (κ1) is 69.2. The van der Waals surface area contributed by atoms with Crippen LogP contribution in [-0.4, -0.2) is 63.5 Å². The van der Waals surface area contributed by atoms with E-state index >= 15 is 0 Å². The van der Waals surface area contributed by atoms with Crippen molar-refractivity contribution in [3.8, 4) is 34.5 Å². The van der Waals surface area contributed by atoms with Gasteiger partial charge in [-0.2, -0.15) is 0 Å². The van der Waals surface area contributed by atoms with E-state index in [1.54, 1.807) is 62.4 Å². The smallest absolute Gasteiger partial charge is 0.163 e. The zero-order chi connectivity index (χ0) is 65.2. The summed E-state index contributed by atoms with van der Waals surface area (Å²) < 4.78 is 7.30. The van der Waals surface area contributed by atoms with Crippen LogP contribution in [0.1, 0.15) is 202 Å². The Kier molecular flexibility index (Phi) is 21.2. The normalized spacial score (nSPS) is 20.7. The lowest BCUT2D eigenvalue weighted by molar-refractivity contribution is 0.0298. The summed E-state index contributed by atoms with van der Waals surface area (Å²) in [5.74, 6) is 3.26. The van der Waals surface area contributed by atoms with Crippen molar-refractivity contribution in [1.82, 2.24) is 0 Å². The Morgan fingerprint density at radius 3 is 1.11 bits per heavy atom. The summed E-state index contributed by atoms with van der Waals surface area (Å²) >= 11 is 6.74. The van der Waals surface area contributed by atoms with Crippen molar-refractivity contribution in [1.29, 1.82) is 0 Å². The van der Waals surface area contributed by atoms with Gasteiger partial charge < -0.3 is 55.8 Å². The van der Waals surface area contributed by atoms with Gasteiger partial charge in [-0.05, 0) is 247 Å². The number of Topliss-reactive ketones (excluding diaryl/α,β-unsaturated/α-hetero) is 1. The van der Waals surface area contributed by atoms with Crippen molar-refractivity contribution in [2.75, 3.05) is 6.61 Å². The number of phenols is 5. The lowest BCUT2D eigenvalue weighted by atomic mass is 9.86. The van der Waals surface area contributed by atoms with Crippen molar-refractivity contribution in [2.24, 2.45) is 29.6 Å². The standard InChI is InChI=1S/C15H19BrO2.2C15H20O2.C11H13BrO2.C11H14O2.C8H8O2/c1-10(2)9-18-14-12(5-4-6-13(14)16)15(3,17)11-7-8-11;2*1-14(8-9-14)11-4-3-5-12(13(11)16)15(2,17)10-6-7-10;1-11(14,7-5-6-7)8-3-2-4-9(12)10(8)13;1-11(13,8-6-7-8)9-4-2-3-5-10(9)12;1-6(9)7-4-2-3-5-8(7)10/h4-6,11,17H,1,7-9H2,2-3H3;2*3-5,10,16-17H,6-9H2,1-2H3;2-4,7,13-14H,5-6H2,1H3;2-5,8,12-13H,6-7H2,1H3;2-5,10H,1H3. The number of carbonyl (C=O) groups is 1. The van der Waals surface area contributed by atoms with Gasteiger partial charge in [-0.15, -0.1) is 0 Å². The molecule has 7 aliphatic rings. The third-order valence-corrected chi connectivity index (χ3v) is 20.8. The minimum atomic E-state index is -0.895. The van der Waals surface area contributed by atoms with Gasteiger partial charge in [-0.3, -0.25) is 4.79 Å². The van der Waals surface area contributed by atoms with Crippen molar-refractivity contribution >= 4 is 37.6 Å². The maximum atomic E-state index is 10.7. The van der Waals surface area contributed by atoms with Crippen LogP contribution in [0.15, 0.2) is 142 Å². The van der Waals surface area contributed by atoms with E-state index in [0.29, 0.717) is 80.0 Å². The fraction of sp³-hybridized carbons (Fsp3) is 0.480. The number of benzene rings is 6. The lowest BCUT2D eigenvalue weighted by Gasteiger charge is -2.26. The van der Waals surface area contributed by atoms with Crippen LogP contribution in [0.5, 0.6) is 34.5 Å². The zero-order valence-corrected chi connectivity index (χ0v) is 56.5. The van der Waals surface area contributed by atoms with Gasteiger partial charge in [0.25, 0.3) is 0 Å². The Labute approximate surface area is 543 Å². The SMILES string of the molecule is C=C(C)COc1c(Br)cccc1C(C)(O)C1CC1.CC(=O)c1ccccc1O.CC(O)(c1cccc(Br)c1O)C1CC1.CC(O)(c1ccccc1O)C1CC1.CC1(c2cccc(C(C)(O)C3CC3)c2O)CC1.CC1(c2cccc(C(C)(O)C3CC3)c2O)CC1. The number of carbonyl (C=O) groups excluding carboxylic acids is 1. The third kappa shape index (κ3) is 16.7. The van der Waals surface area contributed by atoms with Gasteiger partial charge in [0.05, 0.1) is 42.5 Å². The molecule has 0 aromatic heterocycles. The molecule has 7 aliphatic carbocycles. The molecule has 5 atom stereocenters. The molecule has 5 unspecified atom stereocenters. The molecular weight excluding hydrogens is 1250 g/mol. The van der Waals surface area contributed by atoms with E-state index in [1.807, 2.05) is 94.4 Å². The maximum absolute atomic E-state index is 10.7. The molecule has 89 heavy (non-hydrogen) atoms. The lowest BCUT2D eigenvalue weighted by Crippen LogP contribution is -2.25. The van der Waals surface area contributed by atoms with Crippen LogP contribution in [0.3, 0.4) is 0 Å². The van der Waals surface area contributed by atoms with E-state index < -0.39 is 28.0 Å². The number of hydrogen-bond acceptors (Lipinski definition) is 12. The number of rotatable bonds is 16. The highest BCUT2D eigenvalue weighted by atomic mass is 79.9. The summed E-state index contributed by atoms with van der Waals surface area (Å²) in [5.41, 5.74) is 2.89. The fourth-order valence-electron chi connectivity index (χ4n) is 12.0. The van der Waals surface area contributed by atoms with E-state index in [0.717, 1.165) is 122 Å². The second-order valence-corrected chi connectivity index (χ2v) is 29.4. The fourth-order valence-corrected chi connectivity index (χ4v) is 12.8. The van der Waals surface area contributed by atoms with E-state index in [4.69, 9.17) is 9.84 Å². The number of hydrogen-bond donors (Lipinski definition) is 10. The van der Waals surface area contributed by atoms with Crippen LogP contribution in [0.25, 0.3) is 0 Å². The van der Waals surface area contributed by atoms with Crippen LogP contribution in [0, 0.1) is 29.6 Å². The number of ketones is 1. The van der Waals surface area contributed by atoms with Gasteiger partial charge in [0, 0.05) is 38.9 Å². The maximum Gasteiger partial charge on any atom is 0.163 e. The van der Waals surface area contributed by atoms with Crippen molar-refractivity contribution in [3.63, 3.8) is 0 Å². The molecule has 0 spiro atoms. The van der Waals surface area contributed by atoms with Crippen molar-refractivity contribution in [3.05, 3.63) is 187 Å². The summed E-state index contributed by atoms with van der Waals surface area (Å²) in [5, 5.41) is 101. The van der Waals surface area contributed by atoms with Gasteiger partial charge in [-0.1, -0.05) is 111 Å². The molecular formula is C75H94Br2O12. The Morgan fingerprint density at radius 2 is 0.764 bits per heavy atom. The van der Waals surface area contributed by atoms with Crippen molar-refractivity contribution < 1.29 is 60.6 Å². The summed E-state index contributed by atoms with van der Waals surface area (Å²) in [4.78, 5) is 10.7. The predicted molar refractivity (Wildman–Crippen MR) is 357 cm³/mol. The van der Waals surface area contributed by atoms with Crippen LogP contribution >= 0.6 is 31.9 Å². The van der Waals surface area contributed by atoms with Gasteiger partial charge >= 0.3 is 0 Å². The summed E-state index contributed by atoms with van der Waals surface area (Å²) in [7, 11) is 0. The first-order valence-corrected chi connectivity index (χ1v) is 33.2. The van der Waals surface area contributed by atoms with Crippen LogP contribution in [-0.2, 0) is 38.8 Å². The molecule has 0 heterocycles. The number of halogens is 2. The molecule has 13 rings (SSSR count). The van der Waals surface area contributed by atoms with Crippen LogP contribution in [0.4, 0.5) is 0 Å². The van der Waals surface area contributed by atoms with E-state index in [9.17, 15) is 50.8 Å². The summed E-state index contributed by atoms with van der Waals surface area (Å²) in [6.07, 6.45) is 15.2. The minimum absolute atomic E-state index is 0.0509. The molecule has 0 aliphatic heterocycles. The highest BCUT2D eigenvalue weighted by molar-refractivity contribution is 9.11. The van der Waals surface area contributed by atoms with Crippen molar-refractivity contribution in [2.45, 2.75) is 191 Å². The number of aliphatic hydroxyl groups is 5. The zero-order valence-electron chi connectivity index (χ0n) is 53.3. The number of phenolic OH excluding ortho intramolecular Hbond substituents is 5. The number of aromatic hydroxyl groups is 5. The van der Waals surface area contributed by atoms with Gasteiger partial charge in [0.2, 0.25) is 0 Å². The van der Waals surface area contributed by atoms with Crippen LogP contribution in [0.2, 0.25) is 0 Å². The van der Waals surface area contributed by atoms with E-state index in [2.05, 4.69) is 52.3 Å². The quantitative estimate of drug-likeness (QED) is 0.0322. The van der Waals surface area contributed by atoms with Gasteiger partial charge in [-0.25, -0.2) is 0 Å². The Hall–Kier alpha value is -5.71.